The standard InChI is InChI=1S/C36H47N7O/c1-21(2)42-35(38)36(18-22(3)41-20-23(4)43-30(19-37)16-29-17-33(29)43)31-12-10-25(24(5)39-6)14-26(31)8-9-27-15-28(34(44)40-7)11-13-32(27)36/h10-15,21-22,29-30,33,39,41H,4-5,8-9,16-18,20H2,1-3,6-7H3,(H2,38,42)(H,40,44)/t22-,29-,30?,33+,36?/m1/s1. The molecule has 8 heteroatoms. The summed E-state index contributed by atoms with van der Waals surface area (Å²) in [6.45, 7) is 15.5. The van der Waals surface area contributed by atoms with Gasteiger partial charge in [0.15, 0.2) is 0 Å². The lowest BCUT2D eigenvalue weighted by molar-refractivity contribution is 0.0963. The molecular formula is C36H47N7O. The average Bonchev–Trinajstić information content (AvgIpc) is 3.71. The topological polar surface area (TPSA) is 116 Å². The minimum absolute atomic E-state index is 0.00330. The minimum Gasteiger partial charge on any atom is -0.388 e. The van der Waals surface area contributed by atoms with E-state index in [4.69, 9.17) is 0 Å². The van der Waals surface area contributed by atoms with E-state index in [0.717, 1.165) is 59.3 Å². The Kier molecular flexibility index (Phi) is 8.90. The maximum Gasteiger partial charge on any atom is 0.251 e. The van der Waals surface area contributed by atoms with Crippen LogP contribution in [0.15, 0.2) is 55.3 Å². The van der Waals surface area contributed by atoms with Crippen LogP contribution >= 0.6 is 0 Å². The summed E-state index contributed by atoms with van der Waals surface area (Å²) in [5.41, 5.74) is 7.09. The van der Waals surface area contributed by atoms with Crippen LogP contribution < -0.4 is 21.3 Å². The van der Waals surface area contributed by atoms with Gasteiger partial charge in [0, 0.05) is 55.7 Å². The van der Waals surface area contributed by atoms with Crippen LogP contribution in [0.1, 0.15) is 78.2 Å². The summed E-state index contributed by atoms with van der Waals surface area (Å²) in [6, 6.07) is 15.3. The fourth-order valence-electron chi connectivity index (χ4n) is 7.41. The second kappa shape index (κ2) is 12.5. The highest BCUT2D eigenvalue weighted by Gasteiger charge is 2.52. The van der Waals surface area contributed by atoms with Crippen molar-refractivity contribution in [1.29, 1.82) is 10.7 Å². The van der Waals surface area contributed by atoms with Crippen LogP contribution in [-0.2, 0) is 18.3 Å². The molecule has 1 aliphatic heterocycles. The summed E-state index contributed by atoms with van der Waals surface area (Å²) < 4.78 is 0. The molecule has 0 bridgehead atoms. The fourth-order valence-corrected chi connectivity index (χ4v) is 7.41. The van der Waals surface area contributed by atoms with Crippen LogP contribution in [-0.4, -0.2) is 61.5 Å². The lowest BCUT2D eigenvalue weighted by Gasteiger charge is -2.40. The van der Waals surface area contributed by atoms with Gasteiger partial charge in [-0.1, -0.05) is 31.4 Å². The Morgan fingerprint density at radius 1 is 1.05 bits per heavy atom. The smallest absolute Gasteiger partial charge is 0.251 e. The summed E-state index contributed by atoms with van der Waals surface area (Å²) in [5, 5.41) is 32.5. The van der Waals surface area contributed by atoms with Crippen molar-refractivity contribution < 1.29 is 4.79 Å². The predicted octanol–water partition coefficient (Wildman–Crippen LogP) is 4.46. The monoisotopic (exact) mass is 593 g/mol. The first-order chi connectivity index (χ1) is 21.0. The maximum atomic E-state index is 12.7. The molecule has 8 nitrogen and oxygen atoms in total. The molecule has 2 unspecified atom stereocenters. The third kappa shape index (κ3) is 5.73. The van der Waals surface area contributed by atoms with Crippen molar-refractivity contribution in [1.82, 2.24) is 26.2 Å². The third-order valence-electron chi connectivity index (χ3n) is 9.68. The van der Waals surface area contributed by atoms with Crippen LogP contribution in [0.4, 0.5) is 0 Å². The third-order valence-corrected chi connectivity index (χ3v) is 9.68. The largest absolute Gasteiger partial charge is 0.388 e. The van der Waals surface area contributed by atoms with Crippen molar-refractivity contribution in [3.05, 3.63) is 88.6 Å². The van der Waals surface area contributed by atoms with Crippen molar-refractivity contribution in [2.75, 3.05) is 20.6 Å². The zero-order valence-corrected chi connectivity index (χ0v) is 26.8. The zero-order chi connectivity index (χ0) is 31.8. The summed E-state index contributed by atoms with van der Waals surface area (Å²) in [7, 11) is 3.53. The molecule has 0 aromatic heterocycles. The fraction of sp³-hybridized carbons (Fsp3) is 0.472. The number of amidine groups is 1. The van der Waals surface area contributed by atoms with Crippen LogP contribution in [0.25, 0.3) is 5.70 Å². The first-order valence-corrected chi connectivity index (χ1v) is 15.8. The van der Waals surface area contributed by atoms with E-state index < -0.39 is 5.41 Å². The van der Waals surface area contributed by atoms with Gasteiger partial charge in [-0.25, -0.2) is 0 Å². The van der Waals surface area contributed by atoms with Crippen LogP contribution in [0.5, 0.6) is 0 Å². The van der Waals surface area contributed by atoms with E-state index in [1.54, 1.807) is 7.05 Å². The molecule has 2 fully saturated rings. The highest BCUT2D eigenvalue weighted by atomic mass is 16.1. The van der Waals surface area contributed by atoms with E-state index in [9.17, 15) is 15.5 Å². The van der Waals surface area contributed by atoms with Gasteiger partial charge in [0.05, 0.1) is 11.5 Å². The average molecular weight is 594 g/mol. The van der Waals surface area contributed by atoms with E-state index in [0.29, 0.717) is 36.3 Å². The first kappa shape index (κ1) is 31.3. The molecule has 1 amide bonds. The summed E-state index contributed by atoms with van der Waals surface area (Å²) in [6.07, 6.45) is 4.25. The van der Waals surface area contributed by atoms with Crippen molar-refractivity contribution in [2.45, 2.75) is 82.5 Å². The van der Waals surface area contributed by atoms with Crippen molar-refractivity contribution >= 4 is 17.4 Å². The maximum absolute atomic E-state index is 12.7. The van der Waals surface area contributed by atoms with Gasteiger partial charge in [-0.3, -0.25) is 10.2 Å². The molecule has 0 spiro atoms. The molecular weight excluding hydrogens is 546 g/mol. The quantitative estimate of drug-likeness (QED) is 0.194. The Morgan fingerprint density at radius 2 is 1.68 bits per heavy atom. The predicted molar refractivity (Wildman–Crippen MR) is 178 cm³/mol. The molecule has 5 rings (SSSR count). The van der Waals surface area contributed by atoms with Gasteiger partial charge in [0.1, 0.15) is 11.9 Å². The number of hydrogen-bond donors (Lipinski definition) is 5. The van der Waals surface area contributed by atoms with Crippen LogP contribution in [0, 0.1) is 22.7 Å². The first-order valence-electron chi connectivity index (χ1n) is 15.8. The molecule has 1 saturated heterocycles. The SMILES string of the molecule is C=C(NC)c1ccc2c(c1)CCc1cc(C(=O)NC)ccc1C2(C[C@@H](C)NCC(=C)N1C(C#N)C[C@@H]2C[C@@H]21)C(=N)NC(C)C. The minimum atomic E-state index is -0.787. The van der Waals surface area contributed by atoms with E-state index in [-0.39, 0.29) is 24.0 Å². The number of nitrogens with one attached hydrogen (secondary N) is 5. The van der Waals surface area contributed by atoms with Gasteiger partial charge in [-0.05, 0) is 105 Å². The summed E-state index contributed by atoms with van der Waals surface area (Å²) in [5.74, 6) is 0.955. The number of hydrogen-bond acceptors (Lipinski definition) is 6. The molecule has 44 heavy (non-hydrogen) atoms. The molecule has 2 aromatic rings. The van der Waals surface area contributed by atoms with Crippen molar-refractivity contribution in [2.24, 2.45) is 5.92 Å². The molecule has 1 saturated carbocycles. The Labute approximate surface area is 262 Å². The Hall–Kier alpha value is -4.09. The number of rotatable bonds is 11. The number of fused-ring (bicyclic) bond motifs is 3. The zero-order valence-electron chi connectivity index (χ0n) is 26.8. The molecule has 5 atom stereocenters. The highest BCUT2D eigenvalue weighted by Crippen LogP contribution is 2.49. The number of nitrogens with zero attached hydrogens (tertiary/aromatic N) is 2. The van der Waals surface area contributed by atoms with E-state index in [2.05, 4.69) is 90.4 Å². The van der Waals surface area contributed by atoms with Gasteiger partial charge in [-0.15, -0.1) is 0 Å². The second-order valence-corrected chi connectivity index (χ2v) is 13.0. The molecule has 3 aliphatic rings. The van der Waals surface area contributed by atoms with Gasteiger partial charge in [0.2, 0.25) is 0 Å². The van der Waals surface area contributed by atoms with E-state index in [1.165, 1.54) is 5.56 Å². The number of amides is 1. The molecule has 2 aliphatic carbocycles. The molecule has 1 heterocycles. The number of carbonyl (C=O) groups is 1. The van der Waals surface area contributed by atoms with E-state index in [1.807, 2.05) is 19.2 Å². The van der Waals surface area contributed by atoms with Gasteiger partial charge < -0.3 is 26.2 Å². The molecule has 0 radical (unpaired) electrons. The molecule has 2 aromatic carbocycles. The Balaban J connectivity index is 1.57. The Morgan fingerprint density at radius 3 is 2.27 bits per heavy atom. The molecule has 5 N–H and O–H groups in total. The van der Waals surface area contributed by atoms with Gasteiger partial charge >= 0.3 is 0 Å². The van der Waals surface area contributed by atoms with Gasteiger partial charge in [-0.2, -0.15) is 5.26 Å². The lowest BCUT2D eigenvalue weighted by Crippen LogP contribution is -2.51. The number of nitriles is 1. The normalized spacial score (nSPS) is 23.8. The highest BCUT2D eigenvalue weighted by molar-refractivity contribution is 5.97. The van der Waals surface area contributed by atoms with Gasteiger partial charge in [0.25, 0.3) is 5.91 Å². The number of carbonyl (C=O) groups excluding carboxylic acids is 1. The van der Waals surface area contributed by atoms with Crippen LogP contribution in [0.3, 0.4) is 0 Å². The van der Waals surface area contributed by atoms with Crippen LogP contribution in [0.2, 0.25) is 0 Å². The number of likely N-dealkylation sites (tertiary alicyclic amines) is 1. The number of benzene rings is 2. The number of piperidine rings is 1. The summed E-state index contributed by atoms with van der Waals surface area (Å²) in [4.78, 5) is 14.9. The number of aryl methyl sites for hydroxylation is 2. The Bertz CT molecular complexity index is 1450. The van der Waals surface area contributed by atoms with Crippen molar-refractivity contribution in [3.8, 4) is 6.07 Å². The lowest BCUT2D eigenvalue weighted by atomic mass is 9.67. The second-order valence-electron chi connectivity index (χ2n) is 13.0. The summed E-state index contributed by atoms with van der Waals surface area (Å²) >= 11 is 0. The molecule has 232 valence electrons. The van der Waals surface area contributed by atoms with Crippen molar-refractivity contribution in [3.63, 3.8) is 0 Å². The van der Waals surface area contributed by atoms with E-state index >= 15 is 0 Å².